The van der Waals surface area contributed by atoms with Crippen molar-refractivity contribution in [2.24, 2.45) is 0 Å². The van der Waals surface area contributed by atoms with Crippen molar-refractivity contribution < 1.29 is 42.4 Å². The van der Waals surface area contributed by atoms with Crippen LogP contribution in [0.5, 0.6) is 0 Å². The molecule has 0 aliphatic carbocycles. The number of hydrogen-bond donors (Lipinski definition) is 1. The predicted molar refractivity (Wildman–Crippen MR) is 16.3 cm³/mol. The number of rotatable bonds is 0. The van der Waals surface area contributed by atoms with Crippen molar-refractivity contribution >= 4 is 0 Å². The Bertz CT molecular complexity index is 31.8. The second-order valence-electron chi connectivity index (χ2n) is 0.224. The molecule has 0 aromatic rings. The third-order valence-electron chi connectivity index (χ3n) is 0. The van der Waals surface area contributed by atoms with Gasteiger partial charge in [-0.1, -0.05) is 0 Å². The van der Waals surface area contributed by atoms with E-state index in [9.17, 15) is 0 Å². The Kier molecular flexibility index (Phi) is 24.3. The fraction of sp³-hybridized carbons (Fsp3) is 0. The second kappa shape index (κ2) is 9.05. The van der Waals surface area contributed by atoms with Crippen molar-refractivity contribution in [3.05, 3.63) is 15.3 Å². The summed E-state index contributed by atoms with van der Waals surface area (Å²) >= 11 is 0. The van der Waals surface area contributed by atoms with E-state index in [0.717, 1.165) is 0 Å². The summed E-state index contributed by atoms with van der Waals surface area (Å²) in [5.41, 5.74) is 0. The van der Waals surface area contributed by atoms with Gasteiger partial charge in [-0.25, -0.2) is 0 Å². The first kappa shape index (κ1) is 16.1. The largest absolute Gasteiger partial charge is 0.369 e. The van der Waals surface area contributed by atoms with Crippen molar-refractivity contribution in [3.63, 3.8) is 0 Å². The van der Waals surface area contributed by atoms with Crippen molar-refractivity contribution in [1.82, 2.24) is 6.15 Å². The summed E-state index contributed by atoms with van der Waals surface area (Å²) in [6.45, 7) is 0. The van der Waals surface area contributed by atoms with Gasteiger partial charge in [0.2, 0.25) is 0 Å². The molecule has 0 heterocycles. The van der Waals surface area contributed by atoms with Crippen LogP contribution in [0.1, 0.15) is 0 Å². The molecule has 0 aliphatic rings. The molecule has 4 N–H and O–H groups in total. The molecule has 0 saturated heterocycles. The van der Waals surface area contributed by atoms with Gasteiger partial charge in [-0.05, 0) is 0 Å². The van der Waals surface area contributed by atoms with Crippen LogP contribution in [0, 0.1) is 52.6 Å². The minimum absolute atomic E-state index is 0. The quantitative estimate of drug-likeness (QED) is 0.486. The van der Waals surface area contributed by atoms with E-state index in [4.69, 9.17) is 15.3 Å². The Balaban J connectivity index is -0.0000000450. The topological polar surface area (TPSA) is 103 Å². The maximum atomic E-state index is 8.25. The van der Waals surface area contributed by atoms with Crippen LogP contribution in [0.15, 0.2) is 0 Å². The maximum Gasteiger partial charge on any atom is 0.0689 e. The Morgan fingerprint density at radius 3 is 1.33 bits per heavy atom. The van der Waals surface area contributed by atoms with Crippen LogP contribution in [0.3, 0.4) is 0 Å². The van der Waals surface area contributed by atoms with Gasteiger partial charge in [0.15, 0.2) is 0 Å². The van der Waals surface area contributed by atoms with Gasteiger partial charge in [0.25, 0.3) is 0 Å². The molecule has 0 atom stereocenters. The van der Waals surface area contributed by atoms with Crippen molar-refractivity contribution in [2.75, 3.05) is 0 Å². The molecule has 0 unspecified atom stereocenters. The van der Waals surface area contributed by atoms with Gasteiger partial charge in [-0.15, -0.1) is 0 Å². The molecule has 0 rings (SSSR count). The van der Waals surface area contributed by atoms with Gasteiger partial charge in [-0.2, -0.15) is 0 Å². The van der Waals surface area contributed by atoms with Gasteiger partial charge < -0.3 is 21.5 Å². The molecule has 0 bridgehead atoms. The third kappa shape index (κ3) is 309. The minimum atomic E-state index is -1.75. The summed E-state index contributed by atoms with van der Waals surface area (Å²) in [7, 11) is 0. The van der Waals surface area contributed by atoms with E-state index in [1.807, 2.05) is 0 Å². The first-order valence-electron chi connectivity index (χ1n) is 0.548. The Hall–Kier alpha value is 0.407. The van der Waals surface area contributed by atoms with Crippen molar-refractivity contribution in [2.45, 2.75) is 0 Å². The standard InChI is InChI=1S/Er.NO3.H3N/c;2-1(3)4;/h;;1H3/q;-1;/p+1. The van der Waals surface area contributed by atoms with Crippen LogP contribution < -0.4 is 6.15 Å². The zero-order valence-electron chi connectivity index (χ0n) is 2.96. The van der Waals surface area contributed by atoms with Gasteiger partial charge in [0.05, 0.1) is 5.09 Å². The van der Waals surface area contributed by atoms with Crippen molar-refractivity contribution in [3.8, 4) is 0 Å². The van der Waals surface area contributed by atoms with Crippen LogP contribution >= 0.6 is 0 Å². The summed E-state index contributed by atoms with van der Waals surface area (Å²) in [6, 6.07) is 0. The number of quaternary nitrogens is 1. The summed E-state index contributed by atoms with van der Waals surface area (Å²) in [5, 5.41) is 14.8. The number of hydrogen-bond acceptors (Lipinski definition) is 3. The molecule has 44 valence electrons. The van der Waals surface area contributed by atoms with Gasteiger partial charge >= 0.3 is 0 Å². The average Bonchev–Trinajstić information content (AvgIpc) is 0.811. The van der Waals surface area contributed by atoms with Crippen LogP contribution in [-0.4, -0.2) is 5.09 Å². The summed E-state index contributed by atoms with van der Waals surface area (Å²) in [4.78, 5) is 8.25. The fourth-order valence-corrected chi connectivity index (χ4v) is 0. The molecule has 0 radical (unpaired) electrons. The van der Waals surface area contributed by atoms with E-state index in [2.05, 4.69) is 0 Å². The van der Waals surface area contributed by atoms with E-state index < -0.39 is 5.09 Å². The van der Waals surface area contributed by atoms with E-state index in [-0.39, 0.29) is 43.5 Å². The van der Waals surface area contributed by atoms with E-state index >= 15 is 0 Å². The molecule has 6 heavy (non-hydrogen) atoms. The van der Waals surface area contributed by atoms with E-state index in [1.54, 1.807) is 0 Å². The molecule has 0 aromatic carbocycles. The Morgan fingerprint density at radius 2 is 1.33 bits per heavy atom. The Morgan fingerprint density at radius 1 is 1.33 bits per heavy atom. The number of nitrogens with zero attached hydrogens (tertiary/aromatic N) is 1. The molecule has 6 heteroatoms. The summed E-state index contributed by atoms with van der Waals surface area (Å²) < 4.78 is 0. The predicted octanol–water partition coefficient (Wildman–Crippen LogP) is 0.137. The first-order chi connectivity index (χ1) is 1.73. The molecule has 0 aromatic heterocycles. The van der Waals surface area contributed by atoms with Crippen LogP contribution in [0.4, 0.5) is 0 Å². The SMILES string of the molecule is O=[N+]([O-])[O-].[Er].[NH4+]. The maximum absolute atomic E-state index is 8.25. The monoisotopic (exact) mass is 246 g/mol. The van der Waals surface area contributed by atoms with Crippen molar-refractivity contribution in [1.29, 1.82) is 0 Å². The Labute approximate surface area is 63.6 Å². The normalized spacial score (nSPS) is 4.00. The van der Waals surface area contributed by atoms with Gasteiger partial charge in [0, 0.05) is 37.3 Å². The van der Waals surface area contributed by atoms with Gasteiger partial charge in [-0.3, -0.25) is 0 Å². The molecule has 0 saturated carbocycles. The molecule has 0 amide bonds. The average molecular weight is 247 g/mol. The fourth-order valence-electron chi connectivity index (χ4n) is 0. The molecule has 0 aliphatic heterocycles. The van der Waals surface area contributed by atoms with Crippen LogP contribution in [0.25, 0.3) is 0 Å². The molecule has 5 nitrogen and oxygen atoms in total. The summed E-state index contributed by atoms with van der Waals surface area (Å²) in [6.07, 6.45) is 0. The van der Waals surface area contributed by atoms with E-state index in [0.29, 0.717) is 0 Å². The van der Waals surface area contributed by atoms with Crippen LogP contribution in [0.2, 0.25) is 0 Å². The molecule has 0 spiro atoms. The summed E-state index contributed by atoms with van der Waals surface area (Å²) in [5.74, 6) is 0. The molecule has 0 fully saturated rings. The molecular weight excluding hydrogens is 243 g/mol. The zero-order valence-corrected chi connectivity index (χ0v) is 4.81. The van der Waals surface area contributed by atoms with Crippen LogP contribution in [-0.2, 0) is 0 Å². The smallest absolute Gasteiger partial charge is 0.0689 e. The minimum Gasteiger partial charge on any atom is -0.369 e. The zero-order chi connectivity index (χ0) is 3.58. The molecular formula is H4ErN2O3. The first-order valence-corrected chi connectivity index (χ1v) is 0.548. The third-order valence-corrected chi connectivity index (χ3v) is 0. The van der Waals surface area contributed by atoms with Gasteiger partial charge in [0.1, 0.15) is 0 Å². The second-order valence-corrected chi connectivity index (χ2v) is 0.224. The van der Waals surface area contributed by atoms with E-state index in [1.165, 1.54) is 0 Å².